The molecule has 0 saturated carbocycles. The van der Waals surface area contributed by atoms with Crippen LogP contribution in [0.5, 0.6) is 5.75 Å². The Balaban J connectivity index is 1.44. The van der Waals surface area contributed by atoms with Crippen LogP contribution in [0.3, 0.4) is 0 Å². The fourth-order valence-corrected chi connectivity index (χ4v) is 7.30. The van der Waals surface area contributed by atoms with Crippen molar-refractivity contribution in [1.29, 1.82) is 0 Å². The van der Waals surface area contributed by atoms with E-state index in [0.717, 1.165) is 16.4 Å². The smallest absolute Gasteiger partial charge is 0.185 e. The molecule has 0 aliphatic carbocycles. The van der Waals surface area contributed by atoms with Crippen molar-refractivity contribution in [3.8, 4) is 5.75 Å². The molecule has 0 N–H and O–H groups in total. The lowest BCUT2D eigenvalue weighted by molar-refractivity contribution is 0.402. The Morgan fingerprint density at radius 3 is 2.47 bits per heavy atom. The zero-order valence-corrected chi connectivity index (χ0v) is 21.1. The molecule has 10 heteroatoms. The van der Waals surface area contributed by atoms with E-state index in [1.807, 2.05) is 17.5 Å². The predicted octanol–water partition coefficient (Wildman–Crippen LogP) is 6.15. The third-order valence-electron chi connectivity index (χ3n) is 5.51. The Hall–Kier alpha value is -1.51. The van der Waals surface area contributed by atoms with Crippen LogP contribution in [-0.4, -0.2) is 38.9 Å². The van der Waals surface area contributed by atoms with Gasteiger partial charge in [0.2, 0.25) is 0 Å². The molecule has 5 nitrogen and oxygen atoms in total. The maximum atomic E-state index is 13.2. The molecule has 1 aliphatic rings. The first-order valence-corrected chi connectivity index (χ1v) is 13.5. The number of thiazole rings is 1. The summed E-state index contributed by atoms with van der Waals surface area (Å²) in [6.07, 6.45) is 1.64. The van der Waals surface area contributed by atoms with Crippen molar-refractivity contribution >= 4 is 61.1 Å². The standard InChI is InChI=1S/C22H21Cl3N2O3S2/c1-30-20-5-4-16(24)12-21(20)32(28,29)18-6-8-27(9-7-18)22-26-17(13-31-22)10-14-2-3-15(23)11-19(14)25/h2-5,11-13,18H,6-10H2,1H3. The summed E-state index contributed by atoms with van der Waals surface area (Å²) >= 11 is 19.9. The van der Waals surface area contributed by atoms with Gasteiger partial charge in [-0.05, 0) is 48.7 Å². The van der Waals surface area contributed by atoms with Gasteiger partial charge < -0.3 is 9.64 Å². The quantitative estimate of drug-likeness (QED) is 0.382. The Morgan fingerprint density at radius 2 is 1.78 bits per heavy atom. The van der Waals surface area contributed by atoms with E-state index in [9.17, 15) is 8.42 Å². The molecule has 1 fully saturated rings. The van der Waals surface area contributed by atoms with E-state index in [0.29, 0.717) is 53.2 Å². The molecule has 0 bridgehead atoms. The fraction of sp³-hybridized carbons (Fsp3) is 0.318. The van der Waals surface area contributed by atoms with Gasteiger partial charge in [-0.2, -0.15) is 0 Å². The van der Waals surface area contributed by atoms with Crippen LogP contribution in [0, 0.1) is 0 Å². The minimum Gasteiger partial charge on any atom is -0.495 e. The largest absolute Gasteiger partial charge is 0.495 e. The number of nitrogens with zero attached hydrogens (tertiary/aromatic N) is 2. The Labute approximate surface area is 206 Å². The molecular weight excluding hydrogens is 511 g/mol. The van der Waals surface area contributed by atoms with Gasteiger partial charge in [-0.1, -0.05) is 40.9 Å². The van der Waals surface area contributed by atoms with Gasteiger partial charge in [0.05, 0.1) is 18.1 Å². The fourth-order valence-electron chi connectivity index (χ4n) is 3.79. The molecule has 170 valence electrons. The van der Waals surface area contributed by atoms with Crippen LogP contribution < -0.4 is 9.64 Å². The van der Waals surface area contributed by atoms with Crippen molar-refractivity contribution in [2.45, 2.75) is 29.4 Å². The van der Waals surface area contributed by atoms with Gasteiger partial charge in [0, 0.05) is 40.0 Å². The van der Waals surface area contributed by atoms with Gasteiger partial charge in [0.25, 0.3) is 0 Å². The summed E-state index contributed by atoms with van der Waals surface area (Å²) in [5.74, 6) is 0.322. The van der Waals surface area contributed by atoms with E-state index in [-0.39, 0.29) is 4.90 Å². The number of rotatable bonds is 6. The molecule has 2 heterocycles. The van der Waals surface area contributed by atoms with Gasteiger partial charge in [-0.15, -0.1) is 11.3 Å². The zero-order chi connectivity index (χ0) is 22.9. The molecule has 3 aromatic rings. The first kappa shape index (κ1) is 23.6. The van der Waals surface area contributed by atoms with Gasteiger partial charge in [0.15, 0.2) is 15.0 Å². The molecule has 0 spiro atoms. The number of halogens is 3. The Bertz CT molecular complexity index is 1220. The first-order valence-electron chi connectivity index (χ1n) is 9.98. The number of aromatic nitrogens is 1. The molecule has 0 amide bonds. The number of sulfone groups is 1. The van der Waals surface area contributed by atoms with E-state index >= 15 is 0 Å². The second kappa shape index (κ2) is 9.77. The number of methoxy groups -OCH3 is 1. The minimum atomic E-state index is -3.56. The number of piperidine rings is 1. The molecular formula is C22H21Cl3N2O3S2. The molecule has 1 aromatic heterocycles. The summed E-state index contributed by atoms with van der Waals surface area (Å²) in [5, 5.41) is 4.01. The second-order valence-corrected chi connectivity index (χ2v) is 11.9. The zero-order valence-electron chi connectivity index (χ0n) is 17.2. The molecule has 1 aliphatic heterocycles. The average Bonchev–Trinajstić information content (AvgIpc) is 3.24. The maximum Gasteiger partial charge on any atom is 0.185 e. The molecule has 32 heavy (non-hydrogen) atoms. The highest BCUT2D eigenvalue weighted by molar-refractivity contribution is 7.92. The van der Waals surface area contributed by atoms with Crippen LogP contribution in [0.1, 0.15) is 24.1 Å². The Morgan fingerprint density at radius 1 is 1.09 bits per heavy atom. The third-order valence-corrected chi connectivity index (χ3v) is 9.56. The minimum absolute atomic E-state index is 0.155. The first-order chi connectivity index (χ1) is 15.3. The lowest BCUT2D eigenvalue weighted by atomic mass is 10.1. The normalized spacial score (nSPS) is 15.2. The van der Waals surface area contributed by atoms with Gasteiger partial charge in [0.1, 0.15) is 10.6 Å². The number of benzene rings is 2. The highest BCUT2D eigenvalue weighted by atomic mass is 35.5. The monoisotopic (exact) mass is 530 g/mol. The Kier molecular flexibility index (Phi) is 7.22. The highest BCUT2D eigenvalue weighted by Gasteiger charge is 2.34. The van der Waals surface area contributed by atoms with Crippen LogP contribution in [-0.2, 0) is 16.3 Å². The second-order valence-electron chi connectivity index (χ2n) is 7.56. The van der Waals surface area contributed by atoms with Crippen molar-refractivity contribution in [1.82, 2.24) is 4.98 Å². The summed E-state index contributed by atoms with van der Waals surface area (Å²) in [6.45, 7) is 1.23. The SMILES string of the molecule is COc1ccc(Cl)cc1S(=O)(=O)C1CCN(c2nc(Cc3ccc(Cl)cc3Cl)cs2)CC1. The van der Waals surface area contributed by atoms with Gasteiger partial charge in [-0.3, -0.25) is 0 Å². The predicted molar refractivity (Wildman–Crippen MR) is 132 cm³/mol. The molecule has 4 rings (SSSR count). The van der Waals surface area contributed by atoms with Crippen LogP contribution in [0.25, 0.3) is 0 Å². The van der Waals surface area contributed by atoms with Gasteiger partial charge in [-0.25, -0.2) is 13.4 Å². The molecule has 0 radical (unpaired) electrons. The van der Waals surface area contributed by atoms with Crippen LogP contribution in [0.4, 0.5) is 5.13 Å². The van der Waals surface area contributed by atoms with Crippen LogP contribution in [0.15, 0.2) is 46.7 Å². The van der Waals surface area contributed by atoms with Gasteiger partial charge >= 0.3 is 0 Å². The molecule has 0 atom stereocenters. The number of hydrogen-bond donors (Lipinski definition) is 0. The van der Waals surface area contributed by atoms with E-state index in [1.165, 1.54) is 13.2 Å². The topological polar surface area (TPSA) is 59.5 Å². The maximum absolute atomic E-state index is 13.2. The van der Waals surface area contributed by atoms with Crippen LogP contribution in [0.2, 0.25) is 15.1 Å². The third kappa shape index (κ3) is 5.02. The molecule has 2 aromatic carbocycles. The van der Waals surface area contributed by atoms with Crippen molar-refractivity contribution in [3.63, 3.8) is 0 Å². The molecule has 0 unspecified atom stereocenters. The molecule has 1 saturated heterocycles. The van der Waals surface area contributed by atoms with Crippen LogP contribution >= 0.6 is 46.1 Å². The summed E-state index contributed by atoms with van der Waals surface area (Å²) in [4.78, 5) is 7.04. The van der Waals surface area contributed by atoms with E-state index < -0.39 is 15.1 Å². The highest BCUT2D eigenvalue weighted by Crippen LogP contribution is 2.34. The summed E-state index contributed by atoms with van der Waals surface area (Å²) < 4.78 is 31.7. The number of anilines is 1. The lowest BCUT2D eigenvalue weighted by Crippen LogP contribution is -2.39. The summed E-state index contributed by atoms with van der Waals surface area (Å²) in [7, 11) is -2.09. The lowest BCUT2D eigenvalue weighted by Gasteiger charge is -2.31. The number of hydrogen-bond acceptors (Lipinski definition) is 6. The van der Waals surface area contributed by atoms with Crippen molar-refractivity contribution in [2.24, 2.45) is 0 Å². The van der Waals surface area contributed by atoms with Crippen molar-refractivity contribution in [3.05, 3.63) is 68.1 Å². The van der Waals surface area contributed by atoms with E-state index in [2.05, 4.69) is 4.90 Å². The summed E-state index contributed by atoms with van der Waals surface area (Å²) in [6, 6.07) is 10.1. The average molecular weight is 532 g/mol. The van der Waals surface area contributed by atoms with Crippen molar-refractivity contribution in [2.75, 3.05) is 25.1 Å². The van der Waals surface area contributed by atoms with Crippen molar-refractivity contribution < 1.29 is 13.2 Å². The summed E-state index contributed by atoms with van der Waals surface area (Å²) in [5.41, 5.74) is 1.89. The van der Waals surface area contributed by atoms with E-state index in [1.54, 1.807) is 29.5 Å². The van der Waals surface area contributed by atoms with E-state index in [4.69, 9.17) is 44.5 Å². The number of ether oxygens (including phenoxy) is 1.